The summed E-state index contributed by atoms with van der Waals surface area (Å²) in [6.45, 7) is 7.37. The molecule has 2 fully saturated rings. The highest BCUT2D eigenvalue weighted by molar-refractivity contribution is 5.81. The summed E-state index contributed by atoms with van der Waals surface area (Å²) in [6, 6.07) is 6.16. The Bertz CT molecular complexity index is 958. The van der Waals surface area contributed by atoms with Crippen LogP contribution in [-0.2, 0) is 25.7 Å². The Hall–Kier alpha value is -2.91. The van der Waals surface area contributed by atoms with E-state index < -0.39 is 59.8 Å². The summed E-state index contributed by atoms with van der Waals surface area (Å²) >= 11 is 0. The van der Waals surface area contributed by atoms with Gasteiger partial charge < -0.3 is 19.1 Å². The van der Waals surface area contributed by atoms with Gasteiger partial charge in [0.05, 0.1) is 31.0 Å². The molecule has 0 bridgehead atoms. The van der Waals surface area contributed by atoms with Crippen LogP contribution >= 0.6 is 0 Å². The minimum absolute atomic E-state index is 0.0236. The second kappa shape index (κ2) is 9.62. The van der Waals surface area contributed by atoms with E-state index in [9.17, 15) is 23.2 Å². The number of hydrogen-bond donors (Lipinski definition) is 0. The van der Waals surface area contributed by atoms with Gasteiger partial charge in [0.25, 0.3) is 5.92 Å². The van der Waals surface area contributed by atoms with E-state index in [4.69, 9.17) is 14.2 Å². The minimum Gasteiger partial charge on any atom is -0.497 e. The zero-order chi connectivity index (χ0) is 26.2. The molecule has 0 radical (unpaired) electrons. The predicted octanol–water partition coefficient (Wildman–Crippen LogP) is 3.87. The van der Waals surface area contributed by atoms with Crippen molar-refractivity contribution in [1.29, 1.82) is 0 Å². The van der Waals surface area contributed by atoms with E-state index in [1.807, 2.05) is 0 Å². The van der Waals surface area contributed by atoms with Gasteiger partial charge in [0.1, 0.15) is 18.0 Å². The third kappa shape index (κ3) is 6.21. The quantitative estimate of drug-likeness (QED) is 0.556. The summed E-state index contributed by atoms with van der Waals surface area (Å²) in [5.41, 5.74) is -1.16. The molecule has 2 amide bonds. The number of halogens is 2. The van der Waals surface area contributed by atoms with Crippen molar-refractivity contribution >= 4 is 18.0 Å². The van der Waals surface area contributed by atoms with Crippen LogP contribution in [0.2, 0.25) is 0 Å². The third-order valence-electron chi connectivity index (χ3n) is 6.24. The Morgan fingerprint density at radius 3 is 2.31 bits per heavy atom. The molecule has 194 valence electrons. The minimum atomic E-state index is -3.20. The molecule has 2 heterocycles. The van der Waals surface area contributed by atoms with Crippen LogP contribution in [0.1, 0.15) is 46.6 Å². The van der Waals surface area contributed by atoms with Crippen molar-refractivity contribution in [3.05, 3.63) is 29.8 Å². The lowest BCUT2D eigenvalue weighted by molar-refractivity contribution is -0.159. The van der Waals surface area contributed by atoms with Gasteiger partial charge in [0.2, 0.25) is 5.91 Å². The molecule has 0 saturated carbocycles. The lowest BCUT2D eigenvalue weighted by atomic mass is 9.86. The molecule has 8 nitrogen and oxygen atoms in total. The van der Waals surface area contributed by atoms with E-state index in [1.165, 1.54) is 4.90 Å². The number of carbonyl (C=O) groups excluding carboxylic acids is 3. The summed E-state index contributed by atoms with van der Waals surface area (Å²) in [5.74, 6) is -4.81. The van der Waals surface area contributed by atoms with Crippen LogP contribution in [0.25, 0.3) is 0 Å². The van der Waals surface area contributed by atoms with Gasteiger partial charge in [-0.1, -0.05) is 12.1 Å². The molecule has 35 heavy (non-hydrogen) atoms. The SMILES string of the molecule is COc1ccc(COC(=O)C(C)(C)CN2C[C@@H]3[C@H](CC2=O)C(F)(F)CN3C(=O)OC(C)(C)C)cc1. The molecular formula is C25H34F2N2O6. The number of amides is 2. The second-order valence-corrected chi connectivity index (χ2v) is 10.8. The third-order valence-corrected chi connectivity index (χ3v) is 6.24. The van der Waals surface area contributed by atoms with Crippen molar-refractivity contribution in [3.63, 3.8) is 0 Å². The first-order chi connectivity index (χ1) is 16.1. The van der Waals surface area contributed by atoms with Crippen LogP contribution in [0, 0.1) is 11.3 Å². The first-order valence-electron chi connectivity index (χ1n) is 11.6. The number of methoxy groups -OCH3 is 1. The molecule has 0 unspecified atom stereocenters. The average molecular weight is 497 g/mol. The number of piperidine rings is 1. The van der Waals surface area contributed by atoms with E-state index in [1.54, 1.807) is 66.0 Å². The van der Waals surface area contributed by atoms with Crippen LogP contribution in [0.5, 0.6) is 5.75 Å². The van der Waals surface area contributed by atoms with Crippen molar-refractivity contribution in [2.24, 2.45) is 11.3 Å². The lowest BCUT2D eigenvalue weighted by Gasteiger charge is -2.40. The summed E-state index contributed by atoms with van der Waals surface area (Å²) < 4.78 is 45.3. The maximum absolute atomic E-state index is 14.7. The van der Waals surface area contributed by atoms with E-state index in [2.05, 4.69) is 0 Å². The molecule has 2 aliphatic rings. The largest absolute Gasteiger partial charge is 0.497 e. The number of alkyl halides is 2. The van der Waals surface area contributed by atoms with Gasteiger partial charge in [-0.05, 0) is 52.3 Å². The maximum Gasteiger partial charge on any atom is 0.410 e. The molecule has 3 rings (SSSR count). The van der Waals surface area contributed by atoms with Crippen molar-refractivity contribution < 1.29 is 37.4 Å². The van der Waals surface area contributed by atoms with Crippen LogP contribution in [-0.4, -0.2) is 72.1 Å². The smallest absolute Gasteiger partial charge is 0.410 e. The van der Waals surface area contributed by atoms with Gasteiger partial charge in [-0.25, -0.2) is 13.6 Å². The number of esters is 1. The average Bonchev–Trinajstić information content (AvgIpc) is 3.01. The number of rotatable bonds is 6. The summed E-state index contributed by atoms with van der Waals surface area (Å²) in [6.07, 6.45) is -1.24. The van der Waals surface area contributed by atoms with Crippen molar-refractivity contribution in [1.82, 2.24) is 9.80 Å². The highest BCUT2D eigenvalue weighted by Gasteiger charge is 2.60. The molecular weight excluding hydrogens is 462 g/mol. The Morgan fingerprint density at radius 1 is 1.11 bits per heavy atom. The zero-order valence-electron chi connectivity index (χ0n) is 21.1. The predicted molar refractivity (Wildman–Crippen MR) is 123 cm³/mol. The molecule has 1 aromatic rings. The highest BCUT2D eigenvalue weighted by Crippen LogP contribution is 2.44. The fourth-order valence-electron chi connectivity index (χ4n) is 4.40. The Balaban J connectivity index is 1.67. The van der Waals surface area contributed by atoms with Crippen LogP contribution in [0.15, 0.2) is 24.3 Å². The van der Waals surface area contributed by atoms with E-state index in [0.717, 1.165) is 10.5 Å². The maximum atomic E-state index is 14.7. The van der Waals surface area contributed by atoms with Gasteiger partial charge >= 0.3 is 12.1 Å². The Labute approximate surface area is 204 Å². The van der Waals surface area contributed by atoms with E-state index >= 15 is 0 Å². The lowest BCUT2D eigenvalue weighted by Crippen LogP contribution is -2.56. The standard InChI is InChI=1S/C25H34F2N2O6/c1-23(2,3)35-22(32)29-15-25(26,27)18-11-20(30)28(12-19(18)29)14-24(4,5)21(31)34-13-16-7-9-17(33-6)10-8-16/h7-10,18-19H,11-15H2,1-6H3/t18-,19+/m0/s1. The number of hydrogen-bond acceptors (Lipinski definition) is 6. The fourth-order valence-corrected chi connectivity index (χ4v) is 4.40. The molecule has 0 aliphatic carbocycles. The first kappa shape index (κ1) is 26.7. The highest BCUT2D eigenvalue weighted by atomic mass is 19.3. The summed E-state index contributed by atoms with van der Waals surface area (Å²) in [4.78, 5) is 40.6. The number of carbonyl (C=O) groups is 3. The monoisotopic (exact) mass is 496 g/mol. The van der Waals surface area contributed by atoms with E-state index in [0.29, 0.717) is 5.75 Å². The van der Waals surface area contributed by atoms with Gasteiger partial charge in [0, 0.05) is 19.5 Å². The molecule has 2 aliphatic heterocycles. The number of nitrogens with zero attached hydrogens (tertiary/aromatic N) is 2. The number of benzene rings is 1. The number of fused-ring (bicyclic) bond motifs is 1. The molecule has 0 aromatic heterocycles. The summed E-state index contributed by atoms with van der Waals surface area (Å²) in [5, 5.41) is 0. The molecule has 2 atom stereocenters. The molecule has 1 aromatic carbocycles. The second-order valence-electron chi connectivity index (χ2n) is 10.8. The van der Waals surface area contributed by atoms with Crippen molar-refractivity contribution in [3.8, 4) is 5.75 Å². The Morgan fingerprint density at radius 2 is 1.74 bits per heavy atom. The fraction of sp³-hybridized carbons (Fsp3) is 0.640. The van der Waals surface area contributed by atoms with Gasteiger partial charge in [0.15, 0.2) is 0 Å². The normalized spacial score (nSPS) is 22.0. The first-order valence-corrected chi connectivity index (χ1v) is 11.6. The number of ether oxygens (including phenoxy) is 3. The van der Waals surface area contributed by atoms with Gasteiger partial charge in [-0.15, -0.1) is 0 Å². The van der Waals surface area contributed by atoms with Crippen molar-refractivity contribution in [2.45, 2.75) is 65.2 Å². The molecule has 0 N–H and O–H groups in total. The van der Waals surface area contributed by atoms with Gasteiger partial charge in [-0.2, -0.15) is 0 Å². The van der Waals surface area contributed by atoms with Crippen molar-refractivity contribution in [2.75, 3.05) is 26.7 Å². The van der Waals surface area contributed by atoms with Crippen LogP contribution in [0.3, 0.4) is 0 Å². The number of likely N-dealkylation sites (tertiary alicyclic amines) is 2. The Kier molecular flexibility index (Phi) is 7.34. The zero-order valence-corrected chi connectivity index (χ0v) is 21.1. The topological polar surface area (TPSA) is 85.4 Å². The summed E-state index contributed by atoms with van der Waals surface area (Å²) in [7, 11) is 1.56. The molecule has 0 spiro atoms. The van der Waals surface area contributed by atoms with E-state index in [-0.39, 0.29) is 19.7 Å². The molecule has 10 heteroatoms. The van der Waals surface area contributed by atoms with Crippen LogP contribution < -0.4 is 4.74 Å². The molecule has 2 saturated heterocycles. The van der Waals surface area contributed by atoms with Crippen LogP contribution in [0.4, 0.5) is 13.6 Å². The van der Waals surface area contributed by atoms with Gasteiger partial charge in [-0.3, -0.25) is 14.5 Å².